The zero-order valence-corrected chi connectivity index (χ0v) is 19.3. The molecule has 1 fully saturated rings. The van der Waals surface area contributed by atoms with Crippen LogP contribution in [0.2, 0.25) is 5.02 Å². The SMILES string of the molecule is COC(=O)c1[nH]c(C)c(C(=O)CN(CCN2CCOCC2)C(=O)c2ccc(Cl)cc2)c1C. The van der Waals surface area contributed by atoms with Crippen LogP contribution in [0.5, 0.6) is 0 Å². The Hall–Kier alpha value is -2.68. The first kappa shape index (κ1) is 24.0. The van der Waals surface area contributed by atoms with Gasteiger partial charge in [0.05, 0.1) is 26.9 Å². The van der Waals surface area contributed by atoms with Crippen LogP contribution in [0.4, 0.5) is 0 Å². The van der Waals surface area contributed by atoms with Gasteiger partial charge in [0.25, 0.3) is 5.91 Å². The highest BCUT2D eigenvalue weighted by Crippen LogP contribution is 2.20. The number of hydrogen-bond acceptors (Lipinski definition) is 6. The molecule has 3 rings (SSSR count). The van der Waals surface area contributed by atoms with Gasteiger partial charge in [-0.25, -0.2) is 4.79 Å². The Morgan fingerprint density at radius 3 is 2.44 bits per heavy atom. The molecule has 1 aliphatic heterocycles. The summed E-state index contributed by atoms with van der Waals surface area (Å²) in [5.41, 5.74) is 2.20. The van der Waals surface area contributed by atoms with E-state index in [-0.39, 0.29) is 23.9 Å². The van der Waals surface area contributed by atoms with E-state index in [2.05, 4.69) is 9.88 Å². The number of halogens is 1. The van der Waals surface area contributed by atoms with Crippen molar-refractivity contribution in [3.63, 3.8) is 0 Å². The van der Waals surface area contributed by atoms with Gasteiger partial charge in [-0.3, -0.25) is 14.5 Å². The summed E-state index contributed by atoms with van der Waals surface area (Å²) in [6, 6.07) is 6.61. The lowest BCUT2D eigenvalue weighted by molar-refractivity contribution is 0.0323. The summed E-state index contributed by atoms with van der Waals surface area (Å²) in [5.74, 6) is -1.02. The Labute approximate surface area is 192 Å². The van der Waals surface area contributed by atoms with Crippen molar-refractivity contribution in [3.05, 3.63) is 57.4 Å². The van der Waals surface area contributed by atoms with Crippen LogP contribution in [0, 0.1) is 13.8 Å². The van der Waals surface area contributed by atoms with Crippen molar-refractivity contribution in [1.82, 2.24) is 14.8 Å². The van der Waals surface area contributed by atoms with E-state index in [9.17, 15) is 14.4 Å². The number of rotatable bonds is 8. The molecule has 1 amide bonds. The summed E-state index contributed by atoms with van der Waals surface area (Å²) in [7, 11) is 1.29. The molecule has 9 heteroatoms. The van der Waals surface area contributed by atoms with Gasteiger partial charge in [0.15, 0.2) is 5.78 Å². The van der Waals surface area contributed by atoms with Crippen LogP contribution >= 0.6 is 11.6 Å². The molecule has 0 spiro atoms. The fourth-order valence-electron chi connectivity index (χ4n) is 3.84. The third-order valence-corrected chi connectivity index (χ3v) is 5.86. The molecular formula is C23H28ClN3O5. The van der Waals surface area contributed by atoms with Crippen molar-refractivity contribution in [2.45, 2.75) is 13.8 Å². The number of carbonyl (C=O) groups excluding carboxylic acids is 3. The van der Waals surface area contributed by atoms with Crippen LogP contribution in [0.1, 0.15) is 42.5 Å². The standard InChI is InChI=1S/C23H28ClN3O5/c1-15-20(16(2)25-21(15)23(30)31-3)19(28)14-27(9-8-26-10-12-32-13-11-26)22(29)17-4-6-18(24)7-5-17/h4-7,25H,8-14H2,1-3H3. The molecule has 0 bridgehead atoms. The third kappa shape index (κ3) is 5.56. The fourth-order valence-corrected chi connectivity index (χ4v) is 3.97. The van der Waals surface area contributed by atoms with Crippen molar-refractivity contribution in [2.75, 3.05) is 53.0 Å². The Morgan fingerprint density at radius 2 is 1.81 bits per heavy atom. The zero-order chi connectivity index (χ0) is 23.3. The number of H-pyrrole nitrogens is 1. The quantitative estimate of drug-likeness (QED) is 0.480. The molecule has 172 valence electrons. The van der Waals surface area contributed by atoms with Gasteiger partial charge in [0.2, 0.25) is 0 Å². The summed E-state index contributed by atoms with van der Waals surface area (Å²) in [6.45, 7) is 7.23. The first-order chi connectivity index (χ1) is 15.3. The molecular weight excluding hydrogens is 434 g/mol. The number of carbonyl (C=O) groups is 3. The number of amides is 1. The fraction of sp³-hybridized carbons (Fsp3) is 0.435. The molecule has 0 radical (unpaired) electrons. The highest BCUT2D eigenvalue weighted by molar-refractivity contribution is 6.30. The predicted octanol–water partition coefficient (Wildman–Crippen LogP) is 2.73. The number of methoxy groups -OCH3 is 1. The topological polar surface area (TPSA) is 91.9 Å². The summed E-state index contributed by atoms with van der Waals surface area (Å²) < 4.78 is 10.2. The van der Waals surface area contributed by atoms with Gasteiger partial charge in [-0.1, -0.05) is 11.6 Å². The van der Waals surface area contributed by atoms with Gasteiger partial charge in [-0.15, -0.1) is 0 Å². The summed E-state index contributed by atoms with van der Waals surface area (Å²) in [4.78, 5) is 45.1. The number of aryl methyl sites for hydroxylation is 1. The maximum Gasteiger partial charge on any atom is 0.354 e. The van der Waals surface area contributed by atoms with E-state index >= 15 is 0 Å². The molecule has 1 aliphatic rings. The van der Waals surface area contributed by atoms with Crippen LogP contribution < -0.4 is 0 Å². The number of benzene rings is 1. The predicted molar refractivity (Wildman–Crippen MR) is 121 cm³/mol. The molecule has 1 aromatic carbocycles. The second-order valence-electron chi connectivity index (χ2n) is 7.73. The highest BCUT2D eigenvalue weighted by atomic mass is 35.5. The van der Waals surface area contributed by atoms with Crippen molar-refractivity contribution < 1.29 is 23.9 Å². The maximum atomic E-state index is 13.2. The molecule has 8 nitrogen and oxygen atoms in total. The first-order valence-corrected chi connectivity index (χ1v) is 10.8. The number of esters is 1. The van der Waals surface area contributed by atoms with E-state index in [1.165, 1.54) is 7.11 Å². The number of ketones is 1. The van der Waals surface area contributed by atoms with Crippen molar-refractivity contribution in [2.24, 2.45) is 0 Å². The molecule has 1 saturated heterocycles. The van der Waals surface area contributed by atoms with Crippen LogP contribution in [0.15, 0.2) is 24.3 Å². The Balaban J connectivity index is 1.81. The van der Waals surface area contributed by atoms with Crippen LogP contribution in [-0.4, -0.2) is 85.5 Å². The summed E-state index contributed by atoms with van der Waals surface area (Å²) >= 11 is 5.96. The van der Waals surface area contributed by atoms with Crippen LogP contribution in [0.3, 0.4) is 0 Å². The number of Topliss-reactive ketones (excluding diaryl/α,β-unsaturated/α-hetero) is 1. The number of aromatic amines is 1. The Bertz CT molecular complexity index is 980. The molecule has 2 aromatic rings. The normalized spacial score (nSPS) is 14.2. The van der Waals surface area contributed by atoms with E-state index in [4.69, 9.17) is 21.1 Å². The number of nitrogens with zero attached hydrogens (tertiary/aromatic N) is 2. The highest BCUT2D eigenvalue weighted by Gasteiger charge is 2.26. The number of hydrogen-bond donors (Lipinski definition) is 1. The van der Waals surface area contributed by atoms with Gasteiger partial charge in [-0.05, 0) is 43.7 Å². The largest absolute Gasteiger partial charge is 0.464 e. The summed E-state index contributed by atoms with van der Waals surface area (Å²) in [6.07, 6.45) is 0. The smallest absolute Gasteiger partial charge is 0.354 e. The molecule has 32 heavy (non-hydrogen) atoms. The van der Waals surface area contributed by atoms with Crippen molar-refractivity contribution in [3.8, 4) is 0 Å². The van der Waals surface area contributed by atoms with Gasteiger partial charge < -0.3 is 19.4 Å². The molecule has 2 heterocycles. The summed E-state index contributed by atoms with van der Waals surface area (Å²) in [5, 5.41) is 0.534. The van der Waals surface area contributed by atoms with Crippen LogP contribution in [0.25, 0.3) is 0 Å². The number of ether oxygens (including phenoxy) is 2. The minimum absolute atomic E-state index is 0.105. The Kier molecular flexibility index (Phi) is 8.06. The zero-order valence-electron chi connectivity index (χ0n) is 18.6. The molecule has 0 unspecified atom stereocenters. The maximum absolute atomic E-state index is 13.2. The van der Waals surface area contributed by atoms with Crippen LogP contribution in [-0.2, 0) is 9.47 Å². The second-order valence-corrected chi connectivity index (χ2v) is 8.16. The molecule has 0 aliphatic carbocycles. The Morgan fingerprint density at radius 1 is 1.16 bits per heavy atom. The number of nitrogens with one attached hydrogen (secondary N) is 1. The van der Waals surface area contributed by atoms with Crippen molar-refractivity contribution >= 4 is 29.3 Å². The lowest BCUT2D eigenvalue weighted by atomic mass is 10.0. The van der Waals surface area contributed by atoms with E-state index in [1.807, 2.05) is 0 Å². The average Bonchev–Trinajstić information content (AvgIpc) is 3.10. The van der Waals surface area contributed by atoms with Crippen molar-refractivity contribution in [1.29, 1.82) is 0 Å². The monoisotopic (exact) mass is 461 g/mol. The minimum atomic E-state index is -0.536. The number of aromatic nitrogens is 1. The number of morpholine rings is 1. The van der Waals surface area contributed by atoms with E-state index in [0.717, 1.165) is 13.1 Å². The lowest BCUT2D eigenvalue weighted by Crippen LogP contribution is -2.44. The molecule has 1 N–H and O–H groups in total. The average molecular weight is 462 g/mol. The third-order valence-electron chi connectivity index (χ3n) is 5.61. The van der Waals surface area contributed by atoms with Gasteiger partial charge in [-0.2, -0.15) is 0 Å². The van der Waals surface area contributed by atoms with E-state index in [0.29, 0.717) is 53.7 Å². The first-order valence-electron chi connectivity index (χ1n) is 10.5. The second kappa shape index (κ2) is 10.8. The molecule has 1 aromatic heterocycles. The molecule has 0 atom stereocenters. The van der Waals surface area contributed by atoms with Gasteiger partial charge in [0, 0.05) is 48.0 Å². The van der Waals surface area contributed by atoms with Gasteiger partial charge in [0.1, 0.15) is 5.69 Å². The van der Waals surface area contributed by atoms with E-state index < -0.39 is 5.97 Å². The molecule has 0 saturated carbocycles. The van der Waals surface area contributed by atoms with Gasteiger partial charge >= 0.3 is 5.97 Å². The minimum Gasteiger partial charge on any atom is -0.464 e. The lowest BCUT2D eigenvalue weighted by Gasteiger charge is -2.30. The van der Waals surface area contributed by atoms with E-state index in [1.54, 1.807) is 43.0 Å².